The fraction of sp³-hybridized carbons (Fsp3) is 0.333. The number of likely N-dealkylation sites (tertiary alicyclic amines) is 1. The van der Waals surface area contributed by atoms with E-state index in [9.17, 15) is 14.7 Å². The number of carbonyl (C=O) groups is 1. The van der Waals surface area contributed by atoms with Crippen molar-refractivity contribution in [1.82, 2.24) is 34.2 Å². The van der Waals surface area contributed by atoms with Gasteiger partial charge in [-0.25, -0.2) is 15.0 Å². The van der Waals surface area contributed by atoms with Gasteiger partial charge in [-0.2, -0.15) is 5.10 Å². The molecule has 0 aliphatic carbocycles. The Bertz CT molecular complexity index is 1390. The van der Waals surface area contributed by atoms with Crippen LogP contribution in [0.1, 0.15) is 28.8 Å². The van der Waals surface area contributed by atoms with Crippen LogP contribution in [-0.4, -0.2) is 63.9 Å². The first-order chi connectivity index (χ1) is 16.9. The van der Waals surface area contributed by atoms with Crippen LogP contribution < -0.4 is 10.3 Å². The molecule has 0 bridgehead atoms. The van der Waals surface area contributed by atoms with Crippen LogP contribution >= 0.6 is 0 Å². The van der Waals surface area contributed by atoms with Crippen LogP contribution in [0.15, 0.2) is 60.0 Å². The van der Waals surface area contributed by atoms with Crippen LogP contribution in [0, 0.1) is 0 Å². The number of hydrogen-bond acceptors (Lipinski definition) is 8. The highest BCUT2D eigenvalue weighted by Gasteiger charge is 2.35. The lowest BCUT2D eigenvalue weighted by Crippen LogP contribution is -2.49. The highest BCUT2D eigenvalue weighted by molar-refractivity contribution is 5.94. The Morgan fingerprint density at radius 1 is 1.11 bits per heavy atom. The van der Waals surface area contributed by atoms with Crippen molar-refractivity contribution in [3.05, 3.63) is 76.7 Å². The summed E-state index contributed by atoms with van der Waals surface area (Å²) in [5.41, 5.74) is 0.630. The van der Waals surface area contributed by atoms with E-state index < -0.39 is 5.60 Å². The fourth-order valence-electron chi connectivity index (χ4n) is 4.21. The summed E-state index contributed by atoms with van der Waals surface area (Å²) in [6.45, 7) is 1.20. The van der Waals surface area contributed by atoms with Crippen molar-refractivity contribution in [2.75, 3.05) is 13.1 Å². The van der Waals surface area contributed by atoms with Gasteiger partial charge in [0.15, 0.2) is 5.65 Å². The molecule has 11 nitrogen and oxygen atoms in total. The first-order valence-electron chi connectivity index (χ1n) is 11.3. The molecule has 0 atom stereocenters. The summed E-state index contributed by atoms with van der Waals surface area (Å²) < 4.78 is 8.49. The summed E-state index contributed by atoms with van der Waals surface area (Å²) in [5, 5.41) is 15.6. The number of carbonyl (C=O) groups excluding carboxylic acids is 1. The second-order valence-electron chi connectivity index (χ2n) is 8.72. The molecule has 0 saturated carbocycles. The third-order valence-corrected chi connectivity index (χ3v) is 6.28. The van der Waals surface area contributed by atoms with Gasteiger partial charge < -0.3 is 14.7 Å². The van der Waals surface area contributed by atoms with E-state index in [1.807, 2.05) is 12.1 Å². The molecule has 3 aromatic heterocycles. The molecular formula is C24H25N7O4. The summed E-state index contributed by atoms with van der Waals surface area (Å²) >= 11 is 0. The molecule has 4 aromatic rings. The second kappa shape index (κ2) is 9.26. The van der Waals surface area contributed by atoms with E-state index in [2.05, 4.69) is 20.1 Å². The zero-order valence-electron chi connectivity index (χ0n) is 19.2. The van der Waals surface area contributed by atoms with Gasteiger partial charge in [-0.05, 0) is 36.6 Å². The summed E-state index contributed by atoms with van der Waals surface area (Å²) in [6.07, 6.45) is 6.87. The Morgan fingerprint density at radius 2 is 1.83 bits per heavy atom. The molecule has 0 spiro atoms. The Balaban J connectivity index is 1.18. The van der Waals surface area contributed by atoms with Crippen molar-refractivity contribution < 1.29 is 14.6 Å². The number of ether oxygens (including phenoxy) is 1. The van der Waals surface area contributed by atoms with Crippen LogP contribution in [0.25, 0.3) is 11.0 Å². The molecule has 0 radical (unpaired) electrons. The van der Waals surface area contributed by atoms with Crippen molar-refractivity contribution in [1.29, 1.82) is 0 Å². The van der Waals surface area contributed by atoms with Crippen LogP contribution in [0.2, 0.25) is 0 Å². The van der Waals surface area contributed by atoms with Crippen molar-refractivity contribution in [3.63, 3.8) is 0 Å². The maximum absolute atomic E-state index is 13.0. The molecule has 0 unspecified atom stereocenters. The van der Waals surface area contributed by atoms with E-state index in [-0.39, 0.29) is 18.0 Å². The highest BCUT2D eigenvalue weighted by Crippen LogP contribution is 2.25. The van der Waals surface area contributed by atoms with E-state index in [0.29, 0.717) is 55.1 Å². The average Bonchev–Trinajstić information content (AvgIpc) is 3.26. The van der Waals surface area contributed by atoms with Crippen LogP contribution in [0.4, 0.5) is 0 Å². The van der Waals surface area contributed by atoms with Gasteiger partial charge >= 0.3 is 6.01 Å². The van der Waals surface area contributed by atoms with E-state index in [1.165, 1.54) is 21.8 Å². The minimum atomic E-state index is -1.10. The lowest BCUT2D eigenvalue weighted by Gasteiger charge is -2.38. The summed E-state index contributed by atoms with van der Waals surface area (Å²) in [5.74, 6) is -0.0958. The van der Waals surface area contributed by atoms with Gasteiger partial charge in [0.1, 0.15) is 18.3 Å². The number of fused-ring (bicyclic) bond motifs is 1. The van der Waals surface area contributed by atoms with Crippen molar-refractivity contribution in [3.8, 4) is 6.01 Å². The second-order valence-corrected chi connectivity index (χ2v) is 8.72. The molecule has 1 amide bonds. The predicted molar refractivity (Wildman–Crippen MR) is 126 cm³/mol. The number of piperidine rings is 1. The first-order valence-corrected chi connectivity index (χ1v) is 11.3. The molecule has 1 aromatic carbocycles. The van der Waals surface area contributed by atoms with E-state index in [4.69, 9.17) is 4.74 Å². The molecule has 35 heavy (non-hydrogen) atoms. The number of rotatable bonds is 6. The number of aromatic nitrogens is 6. The number of amides is 1. The standard InChI is InChI=1S/C24H25N7O4/c1-29-20-19(13-28-29)22(33)31(16-27-20)15-24(34)7-11-30(12-8-24)21(32)18-5-3-17(4-6-18)14-35-23-25-9-2-10-26-23/h2-6,9-10,13,16,34H,7-8,11-12,14-15H2,1H3. The minimum Gasteiger partial charge on any atom is -0.459 e. The van der Waals surface area contributed by atoms with Gasteiger partial charge in [-0.1, -0.05) is 12.1 Å². The first kappa shape index (κ1) is 22.7. The van der Waals surface area contributed by atoms with Crippen LogP contribution in [-0.2, 0) is 20.2 Å². The molecule has 11 heteroatoms. The van der Waals surface area contributed by atoms with Gasteiger partial charge in [0.2, 0.25) is 0 Å². The third-order valence-electron chi connectivity index (χ3n) is 6.28. The molecular weight excluding hydrogens is 450 g/mol. The quantitative estimate of drug-likeness (QED) is 0.440. The lowest BCUT2D eigenvalue weighted by molar-refractivity contribution is -0.0299. The van der Waals surface area contributed by atoms with Gasteiger partial charge in [0.05, 0.1) is 18.3 Å². The average molecular weight is 476 g/mol. The van der Waals surface area contributed by atoms with Crippen molar-refractivity contribution >= 4 is 16.9 Å². The number of benzene rings is 1. The van der Waals surface area contributed by atoms with Gasteiger partial charge in [0, 0.05) is 38.1 Å². The molecule has 5 rings (SSSR count). The summed E-state index contributed by atoms with van der Waals surface area (Å²) in [4.78, 5) is 39.8. The molecule has 180 valence electrons. The monoisotopic (exact) mass is 475 g/mol. The largest absolute Gasteiger partial charge is 0.459 e. The Hall–Kier alpha value is -4.12. The summed E-state index contributed by atoms with van der Waals surface area (Å²) in [6, 6.07) is 9.22. The predicted octanol–water partition coefficient (Wildman–Crippen LogP) is 1.17. The Morgan fingerprint density at radius 3 is 2.54 bits per heavy atom. The molecule has 1 fully saturated rings. The topological polar surface area (TPSA) is 128 Å². The van der Waals surface area contributed by atoms with Crippen molar-refractivity contribution in [2.24, 2.45) is 7.05 Å². The Kier molecular flexibility index (Phi) is 6.00. The zero-order valence-corrected chi connectivity index (χ0v) is 19.2. The molecule has 1 aliphatic rings. The molecule has 1 aliphatic heterocycles. The fourth-order valence-corrected chi connectivity index (χ4v) is 4.21. The maximum atomic E-state index is 13.0. The van der Waals surface area contributed by atoms with Crippen LogP contribution in [0.3, 0.4) is 0 Å². The van der Waals surface area contributed by atoms with E-state index in [0.717, 1.165) is 5.56 Å². The number of aryl methyl sites for hydroxylation is 1. The van der Waals surface area contributed by atoms with Crippen LogP contribution in [0.5, 0.6) is 6.01 Å². The SMILES string of the molecule is Cn1ncc2c(=O)n(CC3(O)CCN(C(=O)c4ccc(COc5ncccn5)cc4)CC3)cnc21. The smallest absolute Gasteiger partial charge is 0.316 e. The third kappa shape index (κ3) is 4.76. The van der Waals surface area contributed by atoms with Gasteiger partial charge in [-0.15, -0.1) is 0 Å². The Labute approximate surface area is 200 Å². The number of nitrogens with zero attached hydrogens (tertiary/aromatic N) is 7. The summed E-state index contributed by atoms with van der Waals surface area (Å²) in [7, 11) is 1.72. The lowest BCUT2D eigenvalue weighted by atomic mass is 9.91. The van der Waals surface area contributed by atoms with Crippen molar-refractivity contribution in [2.45, 2.75) is 31.6 Å². The molecule has 1 saturated heterocycles. The number of aliphatic hydroxyl groups is 1. The van der Waals surface area contributed by atoms with Gasteiger partial charge in [-0.3, -0.25) is 18.8 Å². The van der Waals surface area contributed by atoms with E-state index in [1.54, 1.807) is 42.5 Å². The molecule has 1 N–H and O–H groups in total. The van der Waals surface area contributed by atoms with Gasteiger partial charge in [0.25, 0.3) is 11.5 Å². The normalized spacial score (nSPS) is 15.3. The minimum absolute atomic E-state index is 0.0958. The van der Waals surface area contributed by atoms with E-state index >= 15 is 0 Å². The highest BCUT2D eigenvalue weighted by atomic mass is 16.5. The molecule has 4 heterocycles. The zero-order chi connectivity index (χ0) is 24.4. The maximum Gasteiger partial charge on any atom is 0.316 e. The number of hydrogen-bond donors (Lipinski definition) is 1.